The Morgan fingerprint density at radius 3 is 2.38 bits per heavy atom. The second-order valence-corrected chi connectivity index (χ2v) is 9.74. The quantitative estimate of drug-likeness (QED) is 0.400. The number of hydrogen-bond donors (Lipinski definition) is 0. The number of rotatable bonds is 12. The molecule has 0 aliphatic carbocycles. The molecule has 0 aromatic carbocycles. The van der Waals surface area contributed by atoms with Crippen LogP contribution in [0.5, 0.6) is 0 Å². The van der Waals surface area contributed by atoms with Crippen molar-refractivity contribution in [2.75, 3.05) is 39.3 Å². The lowest BCUT2D eigenvalue weighted by Gasteiger charge is -2.47. The monoisotopic (exact) mass is 408 g/mol. The normalized spacial score (nSPS) is 22.0. The zero-order valence-corrected chi connectivity index (χ0v) is 19.9. The average molecular weight is 409 g/mol. The molecule has 2 aliphatic rings. The molecular formula is C25H48N2O2. The highest BCUT2D eigenvalue weighted by Crippen LogP contribution is 2.31. The summed E-state index contributed by atoms with van der Waals surface area (Å²) in [4.78, 5) is 17.8. The summed E-state index contributed by atoms with van der Waals surface area (Å²) in [6.45, 7) is 15.0. The topological polar surface area (TPSA) is 32.8 Å². The van der Waals surface area contributed by atoms with Crippen LogP contribution in [0.15, 0.2) is 0 Å². The SMILES string of the molecule is CCCCCCC(CC)C(=O)N1CCC2(CC1)CN(CCCC(C)CC)CCO2. The van der Waals surface area contributed by atoms with Crippen molar-refractivity contribution in [3.63, 3.8) is 0 Å². The molecule has 2 rings (SSSR count). The van der Waals surface area contributed by atoms with E-state index < -0.39 is 0 Å². The van der Waals surface area contributed by atoms with Crippen molar-refractivity contribution in [1.82, 2.24) is 9.80 Å². The van der Waals surface area contributed by atoms with E-state index in [4.69, 9.17) is 4.74 Å². The van der Waals surface area contributed by atoms with E-state index in [2.05, 4.69) is 37.5 Å². The fraction of sp³-hybridized carbons (Fsp3) is 0.960. The number of carbonyl (C=O) groups is 1. The van der Waals surface area contributed by atoms with Crippen LogP contribution in [0, 0.1) is 11.8 Å². The van der Waals surface area contributed by atoms with Gasteiger partial charge in [-0.05, 0) is 51.0 Å². The van der Waals surface area contributed by atoms with Gasteiger partial charge in [-0.1, -0.05) is 59.8 Å². The summed E-state index contributed by atoms with van der Waals surface area (Å²) in [6, 6.07) is 0. The lowest BCUT2D eigenvalue weighted by Crippen LogP contribution is -2.58. The van der Waals surface area contributed by atoms with Gasteiger partial charge in [0.25, 0.3) is 0 Å². The van der Waals surface area contributed by atoms with Gasteiger partial charge < -0.3 is 9.64 Å². The number of amides is 1. The lowest BCUT2D eigenvalue weighted by atomic mass is 9.87. The first-order chi connectivity index (χ1) is 14.0. The Morgan fingerprint density at radius 2 is 1.72 bits per heavy atom. The fourth-order valence-electron chi connectivity index (χ4n) is 5.00. The first-order valence-corrected chi connectivity index (χ1v) is 12.7. The first kappa shape index (κ1) is 24.7. The Hall–Kier alpha value is -0.610. The maximum Gasteiger partial charge on any atom is 0.225 e. The molecule has 0 saturated carbocycles. The molecule has 0 aromatic heterocycles. The van der Waals surface area contributed by atoms with Crippen molar-refractivity contribution < 1.29 is 9.53 Å². The van der Waals surface area contributed by atoms with E-state index in [-0.39, 0.29) is 11.5 Å². The van der Waals surface area contributed by atoms with Gasteiger partial charge in [0.2, 0.25) is 5.91 Å². The third-order valence-corrected chi connectivity index (χ3v) is 7.43. The van der Waals surface area contributed by atoms with Crippen LogP contribution in [-0.4, -0.2) is 60.6 Å². The average Bonchev–Trinajstić information content (AvgIpc) is 2.74. The minimum atomic E-state index is -0.00571. The van der Waals surface area contributed by atoms with Crippen LogP contribution < -0.4 is 0 Å². The van der Waals surface area contributed by atoms with E-state index in [0.717, 1.165) is 64.4 Å². The van der Waals surface area contributed by atoms with Crippen molar-refractivity contribution in [1.29, 1.82) is 0 Å². The molecule has 1 amide bonds. The van der Waals surface area contributed by atoms with Crippen molar-refractivity contribution in [2.24, 2.45) is 11.8 Å². The zero-order chi connectivity index (χ0) is 21.1. The standard InChI is InChI=1S/C25H48N2O2/c1-5-8-9-10-13-23(7-3)24(28)27-17-14-25(15-18-27)21-26(19-20-29-25)16-11-12-22(4)6-2/h22-23H,5-21H2,1-4H3. The highest BCUT2D eigenvalue weighted by molar-refractivity contribution is 5.78. The summed E-state index contributed by atoms with van der Waals surface area (Å²) in [5, 5.41) is 0. The smallest absolute Gasteiger partial charge is 0.225 e. The summed E-state index contributed by atoms with van der Waals surface area (Å²) >= 11 is 0. The van der Waals surface area contributed by atoms with E-state index >= 15 is 0 Å². The second-order valence-electron chi connectivity index (χ2n) is 9.74. The Labute approximate surface area is 180 Å². The summed E-state index contributed by atoms with van der Waals surface area (Å²) in [5.74, 6) is 1.47. The van der Waals surface area contributed by atoms with Gasteiger partial charge in [-0.25, -0.2) is 0 Å². The predicted octanol–water partition coefficient (Wildman–Crippen LogP) is 5.50. The van der Waals surface area contributed by atoms with Gasteiger partial charge in [-0.2, -0.15) is 0 Å². The van der Waals surface area contributed by atoms with Gasteiger partial charge in [-0.3, -0.25) is 9.69 Å². The minimum Gasteiger partial charge on any atom is -0.372 e. The molecule has 4 heteroatoms. The van der Waals surface area contributed by atoms with Gasteiger partial charge in [0.05, 0.1) is 12.2 Å². The van der Waals surface area contributed by atoms with E-state index in [0.29, 0.717) is 5.91 Å². The first-order valence-electron chi connectivity index (χ1n) is 12.7. The Morgan fingerprint density at radius 1 is 0.966 bits per heavy atom. The molecule has 2 aliphatic heterocycles. The Balaban J connectivity index is 1.76. The highest BCUT2D eigenvalue weighted by atomic mass is 16.5. The van der Waals surface area contributed by atoms with Crippen LogP contribution in [0.2, 0.25) is 0 Å². The molecule has 2 fully saturated rings. The van der Waals surface area contributed by atoms with E-state index in [1.54, 1.807) is 0 Å². The second kappa shape index (κ2) is 12.9. The molecule has 0 bridgehead atoms. The maximum atomic E-state index is 13.0. The third-order valence-electron chi connectivity index (χ3n) is 7.43. The van der Waals surface area contributed by atoms with Crippen molar-refractivity contribution in [3.8, 4) is 0 Å². The molecule has 0 N–H and O–H groups in total. The van der Waals surface area contributed by atoms with E-state index in [1.165, 1.54) is 51.5 Å². The Bertz CT molecular complexity index is 460. The number of carbonyl (C=O) groups excluding carboxylic acids is 1. The minimum absolute atomic E-state index is 0.00571. The summed E-state index contributed by atoms with van der Waals surface area (Å²) < 4.78 is 6.31. The molecule has 2 saturated heterocycles. The van der Waals surface area contributed by atoms with Crippen LogP contribution in [0.3, 0.4) is 0 Å². The molecule has 0 radical (unpaired) electrons. The molecule has 1 spiro atoms. The van der Waals surface area contributed by atoms with Crippen LogP contribution in [0.4, 0.5) is 0 Å². The fourth-order valence-corrected chi connectivity index (χ4v) is 5.00. The van der Waals surface area contributed by atoms with Crippen molar-refractivity contribution in [2.45, 2.75) is 104 Å². The highest BCUT2D eigenvalue weighted by Gasteiger charge is 2.41. The molecule has 4 nitrogen and oxygen atoms in total. The molecule has 0 aromatic rings. The van der Waals surface area contributed by atoms with Gasteiger partial charge >= 0.3 is 0 Å². The third kappa shape index (κ3) is 7.86. The lowest BCUT2D eigenvalue weighted by molar-refractivity contribution is -0.153. The number of piperidine rings is 1. The largest absolute Gasteiger partial charge is 0.372 e. The van der Waals surface area contributed by atoms with Crippen LogP contribution in [-0.2, 0) is 9.53 Å². The number of unbranched alkanes of at least 4 members (excludes halogenated alkanes) is 3. The molecule has 170 valence electrons. The van der Waals surface area contributed by atoms with Crippen LogP contribution in [0.1, 0.15) is 98.3 Å². The molecular weight excluding hydrogens is 360 g/mol. The molecule has 2 atom stereocenters. The summed E-state index contributed by atoms with van der Waals surface area (Å²) in [5.41, 5.74) is -0.00571. The number of ether oxygens (including phenoxy) is 1. The maximum absolute atomic E-state index is 13.0. The predicted molar refractivity (Wildman–Crippen MR) is 122 cm³/mol. The van der Waals surface area contributed by atoms with Crippen molar-refractivity contribution >= 4 is 5.91 Å². The number of nitrogens with zero attached hydrogens (tertiary/aromatic N) is 2. The van der Waals surface area contributed by atoms with Crippen molar-refractivity contribution in [3.05, 3.63) is 0 Å². The Kier molecular flexibility index (Phi) is 11.0. The number of likely N-dealkylation sites (tertiary alicyclic amines) is 1. The van der Waals surface area contributed by atoms with Gasteiger partial charge in [-0.15, -0.1) is 0 Å². The van der Waals surface area contributed by atoms with Gasteiger partial charge in [0.1, 0.15) is 0 Å². The number of morpholine rings is 1. The summed E-state index contributed by atoms with van der Waals surface area (Å²) in [7, 11) is 0. The zero-order valence-electron chi connectivity index (χ0n) is 19.9. The van der Waals surface area contributed by atoms with E-state index in [9.17, 15) is 4.79 Å². The molecule has 29 heavy (non-hydrogen) atoms. The van der Waals surface area contributed by atoms with Gasteiger partial charge in [0.15, 0.2) is 0 Å². The molecule has 2 unspecified atom stereocenters. The number of hydrogen-bond acceptors (Lipinski definition) is 3. The summed E-state index contributed by atoms with van der Waals surface area (Å²) in [6.07, 6.45) is 13.0. The van der Waals surface area contributed by atoms with Crippen LogP contribution >= 0.6 is 0 Å². The van der Waals surface area contributed by atoms with Gasteiger partial charge in [0, 0.05) is 32.1 Å². The van der Waals surface area contributed by atoms with E-state index in [1.807, 2.05) is 0 Å². The van der Waals surface area contributed by atoms with Crippen LogP contribution in [0.25, 0.3) is 0 Å². The molecule has 2 heterocycles.